The van der Waals surface area contributed by atoms with E-state index in [9.17, 15) is 4.79 Å². The minimum Gasteiger partial charge on any atom is -0.466 e. The van der Waals surface area contributed by atoms with Crippen LogP contribution in [-0.4, -0.2) is 38.1 Å². The Kier molecular flexibility index (Phi) is 6.27. The molecule has 0 radical (unpaired) electrons. The van der Waals surface area contributed by atoms with Crippen LogP contribution in [0.25, 0.3) is 0 Å². The Bertz CT molecular complexity index is 267. The summed E-state index contributed by atoms with van der Waals surface area (Å²) in [6.45, 7) is 3.98. The second-order valence-corrected chi connectivity index (χ2v) is 4.95. The van der Waals surface area contributed by atoms with Gasteiger partial charge in [0.1, 0.15) is 0 Å². The predicted molar refractivity (Wildman–Crippen MR) is 69.8 cm³/mol. The first-order valence-corrected chi connectivity index (χ1v) is 6.63. The van der Waals surface area contributed by atoms with Crippen molar-refractivity contribution in [3.8, 4) is 0 Å². The number of likely N-dealkylation sites (N-methyl/N-ethyl adjacent to an activating group) is 1. The van der Waals surface area contributed by atoms with Crippen LogP contribution < -0.4 is 0 Å². The van der Waals surface area contributed by atoms with Gasteiger partial charge in [-0.2, -0.15) is 0 Å². The number of nitrogens with zero attached hydrogens (tertiary/aromatic N) is 1. The van der Waals surface area contributed by atoms with Gasteiger partial charge in [0.05, 0.1) is 7.11 Å². The van der Waals surface area contributed by atoms with Gasteiger partial charge in [0.15, 0.2) is 0 Å². The van der Waals surface area contributed by atoms with Crippen LogP contribution >= 0.6 is 0 Å². The molecule has 0 atom stereocenters. The molecule has 98 valence electrons. The van der Waals surface area contributed by atoms with Crippen LogP contribution in [0, 0.1) is 5.92 Å². The van der Waals surface area contributed by atoms with Crippen molar-refractivity contribution in [2.24, 2.45) is 5.92 Å². The van der Waals surface area contributed by atoms with Gasteiger partial charge in [0.25, 0.3) is 0 Å². The molecular formula is C14H25NO2. The maximum Gasteiger partial charge on any atom is 0.333 e. The number of esters is 1. The Hall–Kier alpha value is -0.830. The lowest BCUT2D eigenvalue weighted by molar-refractivity contribution is -0.136. The van der Waals surface area contributed by atoms with E-state index in [1.807, 2.05) is 13.0 Å². The third-order valence-corrected chi connectivity index (χ3v) is 3.52. The lowest BCUT2D eigenvalue weighted by atomic mass is 10.1. The highest BCUT2D eigenvalue weighted by Gasteiger charge is 2.16. The quantitative estimate of drug-likeness (QED) is 0.527. The summed E-state index contributed by atoms with van der Waals surface area (Å²) in [5.74, 6) is 0.665. The molecule has 0 spiro atoms. The van der Waals surface area contributed by atoms with Gasteiger partial charge in [-0.25, -0.2) is 4.79 Å². The molecule has 1 rings (SSSR count). The molecule has 0 N–H and O–H groups in total. The summed E-state index contributed by atoms with van der Waals surface area (Å²) in [7, 11) is 3.56. The fourth-order valence-corrected chi connectivity index (χ4v) is 2.48. The summed E-state index contributed by atoms with van der Waals surface area (Å²) >= 11 is 0. The predicted octanol–water partition coefficient (Wildman–Crippen LogP) is 2.62. The first-order chi connectivity index (χ1) is 8.17. The topological polar surface area (TPSA) is 29.5 Å². The van der Waals surface area contributed by atoms with Crippen LogP contribution in [0.1, 0.15) is 39.0 Å². The van der Waals surface area contributed by atoms with Gasteiger partial charge in [-0.1, -0.05) is 25.8 Å². The zero-order chi connectivity index (χ0) is 12.7. The lowest BCUT2D eigenvalue weighted by Gasteiger charge is -2.19. The second kappa shape index (κ2) is 7.49. The van der Waals surface area contributed by atoms with E-state index >= 15 is 0 Å². The van der Waals surface area contributed by atoms with Gasteiger partial charge >= 0.3 is 5.97 Å². The van der Waals surface area contributed by atoms with E-state index in [-0.39, 0.29) is 5.97 Å². The van der Waals surface area contributed by atoms with Crippen LogP contribution in [0.2, 0.25) is 0 Å². The Morgan fingerprint density at radius 2 is 2.06 bits per heavy atom. The van der Waals surface area contributed by atoms with Crippen molar-refractivity contribution in [3.63, 3.8) is 0 Å². The van der Waals surface area contributed by atoms with Crippen molar-refractivity contribution in [3.05, 3.63) is 11.6 Å². The summed E-state index contributed by atoms with van der Waals surface area (Å²) in [6, 6.07) is 0. The molecule has 0 bridgehead atoms. The SMILES string of the molecule is CCC(=CCN(C)CC1CCCC1)C(=O)OC. The molecule has 0 aromatic heterocycles. The van der Waals surface area contributed by atoms with E-state index < -0.39 is 0 Å². The molecule has 17 heavy (non-hydrogen) atoms. The zero-order valence-corrected chi connectivity index (χ0v) is 11.4. The molecular weight excluding hydrogens is 214 g/mol. The Labute approximate surface area is 105 Å². The molecule has 0 aromatic carbocycles. The van der Waals surface area contributed by atoms with Crippen molar-refractivity contribution >= 4 is 5.97 Å². The summed E-state index contributed by atoms with van der Waals surface area (Å²) in [5.41, 5.74) is 0.783. The van der Waals surface area contributed by atoms with E-state index in [0.29, 0.717) is 0 Å². The highest BCUT2D eigenvalue weighted by atomic mass is 16.5. The maximum atomic E-state index is 11.4. The van der Waals surface area contributed by atoms with Crippen molar-refractivity contribution < 1.29 is 9.53 Å². The van der Waals surface area contributed by atoms with E-state index in [1.165, 1.54) is 32.8 Å². The molecule has 0 amide bonds. The van der Waals surface area contributed by atoms with E-state index in [1.54, 1.807) is 0 Å². The molecule has 0 heterocycles. The van der Waals surface area contributed by atoms with Crippen molar-refractivity contribution in [1.82, 2.24) is 4.90 Å². The monoisotopic (exact) mass is 239 g/mol. The molecule has 1 aliphatic carbocycles. The van der Waals surface area contributed by atoms with Crippen molar-refractivity contribution in [2.75, 3.05) is 27.2 Å². The Balaban J connectivity index is 2.35. The first-order valence-electron chi connectivity index (χ1n) is 6.63. The van der Waals surface area contributed by atoms with Crippen molar-refractivity contribution in [2.45, 2.75) is 39.0 Å². The third-order valence-electron chi connectivity index (χ3n) is 3.52. The number of methoxy groups -OCH3 is 1. The largest absolute Gasteiger partial charge is 0.466 e. The summed E-state index contributed by atoms with van der Waals surface area (Å²) < 4.78 is 4.74. The van der Waals surface area contributed by atoms with E-state index in [4.69, 9.17) is 4.74 Å². The Morgan fingerprint density at radius 1 is 1.41 bits per heavy atom. The fourth-order valence-electron chi connectivity index (χ4n) is 2.48. The van der Waals surface area contributed by atoms with Crippen LogP contribution in [-0.2, 0) is 9.53 Å². The summed E-state index contributed by atoms with van der Waals surface area (Å²) in [4.78, 5) is 13.7. The van der Waals surface area contributed by atoms with E-state index in [2.05, 4.69) is 11.9 Å². The maximum absolute atomic E-state index is 11.4. The molecule has 0 saturated heterocycles. The number of hydrogen-bond acceptors (Lipinski definition) is 3. The van der Waals surface area contributed by atoms with Gasteiger partial charge in [0, 0.05) is 18.7 Å². The Morgan fingerprint density at radius 3 is 2.59 bits per heavy atom. The van der Waals surface area contributed by atoms with Crippen LogP contribution in [0.15, 0.2) is 11.6 Å². The molecule has 0 aliphatic heterocycles. The lowest BCUT2D eigenvalue weighted by Crippen LogP contribution is -2.25. The summed E-state index contributed by atoms with van der Waals surface area (Å²) in [5, 5.41) is 0. The van der Waals surface area contributed by atoms with Crippen molar-refractivity contribution in [1.29, 1.82) is 0 Å². The number of rotatable bonds is 6. The van der Waals surface area contributed by atoms with Crippen LogP contribution in [0.3, 0.4) is 0 Å². The number of carbonyl (C=O) groups is 1. The van der Waals surface area contributed by atoms with Crippen LogP contribution in [0.4, 0.5) is 0 Å². The van der Waals surface area contributed by atoms with E-state index in [0.717, 1.165) is 31.0 Å². The normalized spacial score (nSPS) is 17.8. The molecule has 1 aliphatic rings. The average Bonchev–Trinajstić information content (AvgIpc) is 2.82. The molecule has 1 saturated carbocycles. The minimum absolute atomic E-state index is 0.193. The molecule has 0 aromatic rings. The fraction of sp³-hybridized carbons (Fsp3) is 0.786. The minimum atomic E-state index is -0.193. The van der Waals surface area contributed by atoms with Gasteiger partial charge < -0.3 is 9.64 Å². The molecule has 3 heteroatoms. The van der Waals surface area contributed by atoms with Gasteiger partial charge in [0.2, 0.25) is 0 Å². The average molecular weight is 239 g/mol. The molecule has 1 fully saturated rings. The zero-order valence-electron chi connectivity index (χ0n) is 11.4. The number of ether oxygens (including phenoxy) is 1. The summed E-state index contributed by atoms with van der Waals surface area (Å²) in [6.07, 6.45) is 8.25. The molecule has 0 unspecified atom stereocenters. The molecule has 3 nitrogen and oxygen atoms in total. The highest BCUT2D eigenvalue weighted by molar-refractivity contribution is 5.88. The van der Waals surface area contributed by atoms with Crippen LogP contribution in [0.5, 0.6) is 0 Å². The smallest absolute Gasteiger partial charge is 0.333 e. The second-order valence-electron chi connectivity index (χ2n) is 4.95. The number of carbonyl (C=O) groups excluding carboxylic acids is 1. The standard InChI is InChI=1S/C14H25NO2/c1-4-13(14(16)17-3)9-10-15(2)11-12-7-5-6-8-12/h9,12H,4-8,10-11H2,1-3H3. The first kappa shape index (κ1) is 14.2. The van der Waals surface area contributed by atoms with Gasteiger partial charge in [-0.3, -0.25) is 0 Å². The number of hydrogen-bond donors (Lipinski definition) is 0. The van der Waals surface area contributed by atoms with Gasteiger partial charge in [-0.05, 0) is 32.2 Å². The highest BCUT2D eigenvalue weighted by Crippen LogP contribution is 2.25. The van der Waals surface area contributed by atoms with Gasteiger partial charge in [-0.15, -0.1) is 0 Å². The third kappa shape index (κ3) is 4.90.